The van der Waals surface area contributed by atoms with Gasteiger partial charge in [-0.3, -0.25) is 14.5 Å². The van der Waals surface area contributed by atoms with Crippen LogP contribution in [0.3, 0.4) is 0 Å². The summed E-state index contributed by atoms with van der Waals surface area (Å²) in [6.07, 6.45) is 1.01. The van der Waals surface area contributed by atoms with Crippen LogP contribution in [0.5, 0.6) is 0 Å². The van der Waals surface area contributed by atoms with E-state index in [0.717, 1.165) is 33.9 Å². The summed E-state index contributed by atoms with van der Waals surface area (Å²) in [4.78, 5) is 29.1. The third-order valence-corrected chi connectivity index (χ3v) is 6.28. The van der Waals surface area contributed by atoms with E-state index in [1.54, 1.807) is 0 Å². The predicted octanol–water partition coefficient (Wildman–Crippen LogP) is 4.28. The number of hydrogen-bond donors (Lipinski definition) is 1. The van der Waals surface area contributed by atoms with Crippen molar-refractivity contribution in [2.24, 2.45) is 0 Å². The van der Waals surface area contributed by atoms with Gasteiger partial charge in [-0.25, -0.2) is 0 Å². The molecule has 0 radical (unpaired) electrons. The molecule has 3 aromatic rings. The number of rotatable bonds is 7. The fourth-order valence-corrected chi connectivity index (χ4v) is 4.09. The van der Waals surface area contributed by atoms with Gasteiger partial charge in [0, 0.05) is 50.3 Å². The maximum atomic E-state index is 12.7. The molecule has 2 amide bonds. The standard InChI is InChI=1S/C27H31N3O3/c1-20-7-6-10-24(21(20)2)28-26(31)19-29-15-17-30(18-16-29)27(32)14-12-23-11-13-25(33-23)22-8-4-3-5-9-22/h3-11,13H,12,14-19H2,1-2H3,(H,28,31). The van der Waals surface area contributed by atoms with Crippen LogP contribution in [0.1, 0.15) is 23.3 Å². The maximum absolute atomic E-state index is 12.7. The number of piperazine rings is 1. The fraction of sp³-hybridized carbons (Fsp3) is 0.333. The Morgan fingerprint density at radius 1 is 0.909 bits per heavy atom. The van der Waals surface area contributed by atoms with Crippen molar-refractivity contribution in [2.45, 2.75) is 26.7 Å². The highest BCUT2D eigenvalue weighted by Crippen LogP contribution is 2.22. The van der Waals surface area contributed by atoms with Gasteiger partial charge < -0.3 is 14.6 Å². The summed E-state index contributed by atoms with van der Waals surface area (Å²) in [5.41, 5.74) is 4.15. The zero-order chi connectivity index (χ0) is 23.2. The van der Waals surface area contributed by atoms with Crippen LogP contribution in [-0.2, 0) is 16.0 Å². The highest BCUT2D eigenvalue weighted by molar-refractivity contribution is 5.93. The van der Waals surface area contributed by atoms with E-state index in [4.69, 9.17) is 4.42 Å². The largest absolute Gasteiger partial charge is 0.461 e. The van der Waals surface area contributed by atoms with Crippen molar-refractivity contribution < 1.29 is 14.0 Å². The average molecular weight is 446 g/mol. The molecule has 0 atom stereocenters. The second-order valence-corrected chi connectivity index (χ2v) is 8.58. The highest BCUT2D eigenvalue weighted by Gasteiger charge is 2.22. The molecule has 1 aromatic heterocycles. The summed E-state index contributed by atoms with van der Waals surface area (Å²) < 4.78 is 5.91. The molecule has 6 heteroatoms. The van der Waals surface area contributed by atoms with Crippen molar-refractivity contribution in [3.63, 3.8) is 0 Å². The number of nitrogens with zero attached hydrogens (tertiary/aromatic N) is 2. The second kappa shape index (κ2) is 10.5. The summed E-state index contributed by atoms with van der Waals surface area (Å²) >= 11 is 0. The number of anilines is 1. The first-order valence-electron chi connectivity index (χ1n) is 11.5. The predicted molar refractivity (Wildman–Crippen MR) is 130 cm³/mol. The minimum absolute atomic E-state index is 0.0180. The van der Waals surface area contributed by atoms with E-state index in [9.17, 15) is 9.59 Å². The first kappa shape index (κ1) is 22.8. The average Bonchev–Trinajstić information content (AvgIpc) is 3.31. The summed E-state index contributed by atoms with van der Waals surface area (Å²) in [6.45, 7) is 7.07. The van der Waals surface area contributed by atoms with Crippen LogP contribution in [0.2, 0.25) is 0 Å². The molecule has 0 aliphatic carbocycles. The molecule has 33 heavy (non-hydrogen) atoms. The molecule has 1 saturated heterocycles. The van der Waals surface area contributed by atoms with E-state index < -0.39 is 0 Å². The molecule has 0 bridgehead atoms. The van der Waals surface area contributed by atoms with Crippen LogP contribution in [0.4, 0.5) is 5.69 Å². The lowest BCUT2D eigenvalue weighted by molar-refractivity contribution is -0.133. The van der Waals surface area contributed by atoms with Crippen molar-refractivity contribution in [1.29, 1.82) is 0 Å². The van der Waals surface area contributed by atoms with Crippen molar-refractivity contribution >= 4 is 17.5 Å². The Balaban J connectivity index is 1.20. The first-order chi connectivity index (χ1) is 16.0. The minimum atomic E-state index is -0.0180. The lowest BCUT2D eigenvalue weighted by atomic mass is 10.1. The zero-order valence-corrected chi connectivity index (χ0v) is 19.3. The van der Waals surface area contributed by atoms with E-state index in [1.807, 2.05) is 79.4 Å². The van der Waals surface area contributed by atoms with Crippen LogP contribution in [0.15, 0.2) is 65.1 Å². The molecule has 1 aliphatic rings. The fourth-order valence-electron chi connectivity index (χ4n) is 4.09. The van der Waals surface area contributed by atoms with Crippen molar-refractivity contribution in [3.05, 3.63) is 77.6 Å². The summed E-state index contributed by atoms with van der Waals surface area (Å²) in [6, 6.07) is 19.8. The van der Waals surface area contributed by atoms with Crippen molar-refractivity contribution in [3.8, 4) is 11.3 Å². The number of hydrogen-bond acceptors (Lipinski definition) is 4. The number of amides is 2. The normalized spacial score (nSPS) is 14.3. The molecule has 172 valence electrons. The van der Waals surface area contributed by atoms with Crippen LogP contribution < -0.4 is 5.32 Å². The van der Waals surface area contributed by atoms with E-state index in [0.29, 0.717) is 45.6 Å². The molecule has 0 spiro atoms. The van der Waals surface area contributed by atoms with Gasteiger partial charge in [0.25, 0.3) is 0 Å². The van der Waals surface area contributed by atoms with Gasteiger partial charge in [0.15, 0.2) is 0 Å². The van der Waals surface area contributed by atoms with Gasteiger partial charge in [-0.15, -0.1) is 0 Å². The monoisotopic (exact) mass is 445 g/mol. The Morgan fingerprint density at radius 2 is 1.67 bits per heavy atom. The molecule has 0 saturated carbocycles. The number of carbonyl (C=O) groups is 2. The maximum Gasteiger partial charge on any atom is 0.238 e. The van der Waals surface area contributed by atoms with Crippen molar-refractivity contribution in [2.75, 3.05) is 38.0 Å². The molecular weight excluding hydrogens is 414 g/mol. The van der Waals surface area contributed by atoms with Crippen LogP contribution in [0.25, 0.3) is 11.3 Å². The number of benzene rings is 2. The third kappa shape index (κ3) is 5.90. The molecule has 6 nitrogen and oxygen atoms in total. The van der Waals surface area contributed by atoms with Crippen LogP contribution >= 0.6 is 0 Å². The Kier molecular flexibility index (Phi) is 7.25. The topological polar surface area (TPSA) is 65.8 Å². The summed E-state index contributed by atoms with van der Waals surface area (Å²) in [5, 5.41) is 3.01. The first-order valence-corrected chi connectivity index (χ1v) is 11.5. The highest BCUT2D eigenvalue weighted by atomic mass is 16.3. The Labute approximate surface area is 195 Å². The van der Waals surface area contributed by atoms with Gasteiger partial charge in [0.05, 0.1) is 6.54 Å². The summed E-state index contributed by atoms with van der Waals surface area (Å²) in [7, 11) is 0. The molecule has 1 fully saturated rings. The third-order valence-electron chi connectivity index (χ3n) is 6.28. The van der Waals surface area contributed by atoms with Gasteiger partial charge >= 0.3 is 0 Å². The molecule has 0 unspecified atom stereocenters. The van der Waals surface area contributed by atoms with E-state index in [1.165, 1.54) is 0 Å². The van der Waals surface area contributed by atoms with Gasteiger partial charge in [-0.05, 0) is 43.2 Å². The number of aryl methyl sites for hydroxylation is 2. The zero-order valence-electron chi connectivity index (χ0n) is 19.3. The molecule has 2 heterocycles. The molecule has 4 rings (SSSR count). The number of nitrogens with one attached hydrogen (secondary N) is 1. The van der Waals surface area contributed by atoms with Crippen LogP contribution in [-0.4, -0.2) is 54.3 Å². The lowest BCUT2D eigenvalue weighted by Crippen LogP contribution is -2.50. The van der Waals surface area contributed by atoms with Gasteiger partial charge in [0.1, 0.15) is 11.5 Å². The Bertz CT molecular complexity index is 1100. The smallest absolute Gasteiger partial charge is 0.238 e. The van der Waals surface area contributed by atoms with E-state index in [2.05, 4.69) is 10.2 Å². The number of carbonyl (C=O) groups excluding carboxylic acids is 2. The van der Waals surface area contributed by atoms with E-state index >= 15 is 0 Å². The quantitative estimate of drug-likeness (QED) is 0.590. The Hall–Kier alpha value is -3.38. The second-order valence-electron chi connectivity index (χ2n) is 8.58. The Morgan fingerprint density at radius 3 is 2.42 bits per heavy atom. The molecule has 1 aliphatic heterocycles. The molecule has 1 N–H and O–H groups in total. The van der Waals surface area contributed by atoms with Gasteiger partial charge in [-0.2, -0.15) is 0 Å². The lowest BCUT2D eigenvalue weighted by Gasteiger charge is -2.34. The SMILES string of the molecule is Cc1cccc(NC(=O)CN2CCN(C(=O)CCc3ccc(-c4ccccc4)o3)CC2)c1C. The molecule has 2 aromatic carbocycles. The van der Waals surface area contributed by atoms with Gasteiger partial charge in [-0.1, -0.05) is 42.5 Å². The number of furan rings is 1. The molecular formula is C27H31N3O3. The minimum Gasteiger partial charge on any atom is -0.461 e. The van der Waals surface area contributed by atoms with Gasteiger partial charge in [0.2, 0.25) is 11.8 Å². The van der Waals surface area contributed by atoms with Crippen LogP contribution in [0, 0.1) is 13.8 Å². The van der Waals surface area contributed by atoms with E-state index in [-0.39, 0.29) is 11.8 Å². The van der Waals surface area contributed by atoms with Crippen molar-refractivity contribution in [1.82, 2.24) is 9.80 Å². The summed E-state index contributed by atoms with van der Waals surface area (Å²) in [5.74, 6) is 1.76.